The molecule has 0 spiro atoms. The number of pyridine rings is 1. The van der Waals surface area contributed by atoms with Crippen LogP contribution in [0.1, 0.15) is 34.4 Å². The van der Waals surface area contributed by atoms with Gasteiger partial charge in [-0.2, -0.15) is 0 Å². The van der Waals surface area contributed by atoms with Crippen molar-refractivity contribution in [2.45, 2.75) is 32.1 Å². The van der Waals surface area contributed by atoms with Gasteiger partial charge in [0.05, 0.1) is 11.4 Å². The molecule has 2 aromatic heterocycles. The van der Waals surface area contributed by atoms with Crippen LogP contribution in [-0.4, -0.2) is 21.7 Å². The SMILES string of the molecule is Cl.OCCc1ccc(Cc2cc(-c3ccc[nH]3)nc3c2CCC3)cc1. The van der Waals surface area contributed by atoms with E-state index in [2.05, 4.69) is 41.4 Å². The van der Waals surface area contributed by atoms with Gasteiger partial charge in [0.15, 0.2) is 0 Å². The monoisotopic (exact) mass is 354 g/mol. The van der Waals surface area contributed by atoms with Crippen molar-refractivity contribution in [3.63, 3.8) is 0 Å². The third-order valence-corrected chi connectivity index (χ3v) is 4.83. The molecule has 1 aliphatic rings. The average Bonchev–Trinajstić information content (AvgIpc) is 3.28. The molecule has 4 heteroatoms. The predicted molar refractivity (Wildman–Crippen MR) is 103 cm³/mol. The summed E-state index contributed by atoms with van der Waals surface area (Å²) in [7, 11) is 0. The van der Waals surface area contributed by atoms with Crippen LogP contribution in [0, 0.1) is 0 Å². The van der Waals surface area contributed by atoms with Crippen LogP contribution in [0.5, 0.6) is 0 Å². The van der Waals surface area contributed by atoms with Gasteiger partial charge in [-0.15, -0.1) is 12.4 Å². The van der Waals surface area contributed by atoms with E-state index in [4.69, 9.17) is 10.1 Å². The second kappa shape index (κ2) is 7.85. The minimum Gasteiger partial charge on any atom is -0.396 e. The Bertz CT molecular complexity index is 826. The second-order valence-electron chi connectivity index (χ2n) is 6.50. The van der Waals surface area contributed by atoms with Gasteiger partial charge in [0.2, 0.25) is 0 Å². The number of aliphatic hydroxyl groups excluding tert-OH is 1. The van der Waals surface area contributed by atoms with Crippen molar-refractivity contribution in [2.75, 3.05) is 6.61 Å². The smallest absolute Gasteiger partial charge is 0.0870 e. The summed E-state index contributed by atoms with van der Waals surface area (Å²) in [4.78, 5) is 8.15. The van der Waals surface area contributed by atoms with E-state index in [1.807, 2.05) is 12.3 Å². The summed E-state index contributed by atoms with van der Waals surface area (Å²) in [6.07, 6.45) is 7.06. The van der Waals surface area contributed by atoms with E-state index in [0.29, 0.717) is 0 Å². The van der Waals surface area contributed by atoms with Crippen molar-refractivity contribution in [3.05, 3.63) is 76.6 Å². The Hall–Kier alpha value is -2.10. The van der Waals surface area contributed by atoms with Gasteiger partial charge >= 0.3 is 0 Å². The summed E-state index contributed by atoms with van der Waals surface area (Å²) >= 11 is 0. The molecule has 0 unspecified atom stereocenters. The van der Waals surface area contributed by atoms with E-state index >= 15 is 0 Å². The van der Waals surface area contributed by atoms with Gasteiger partial charge in [-0.25, -0.2) is 0 Å². The number of nitrogens with one attached hydrogen (secondary N) is 1. The lowest BCUT2D eigenvalue weighted by Gasteiger charge is -2.11. The fourth-order valence-corrected chi connectivity index (χ4v) is 3.59. The van der Waals surface area contributed by atoms with E-state index in [1.165, 1.54) is 34.4 Å². The van der Waals surface area contributed by atoms with Gasteiger partial charge in [0.25, 0.3) is 0 Å². The largest absolute Gasteiger partial charge is 0.396 e. The second-order valence-corrected chi connectivity index (χ2v) is 6.50. The Morgan fingerprint density at radius 1 is 1.04 bits per heavy atom. The van der Waals surface area contributed by atoms with Gasteiger partial charge in [-0.3, -0.25) is 4.98 Å². The molecule has 0 radical (unpaired) electrons. The van der Waals surface area contributed by atoms with Crippen LogP contribution in [0.3, 0.4) is 0 Å². The zero-order valence-corrected chi connectivity index (χ0v) is 15.0. The predicted octanol–water partition coefficient (Wildman–Crippen LogP) is 4.11. The Labute approximate surface area is 154 Å². The molecule has 3 aromatic rings. The average molecular weight is 355 g/mol. The highest BCUT2D eigenvalue weighted by atomic mass is 35.5. The number of H-pyrrole nitrogens is 1. The molecule has 4 rings (SSSR count). The van der Waals surface area contributed by atoms with Crippen molar-refractivity contribution in [2.24, 2.45) is 0 Å². The van der Waals surface area contributed by atoms with Gasteiger partial charge in [0.1, 0.15) is 0 Å². The number of rotatable bonds is 5. The quantitative estimate of drug-likeness (QED) is 0.724. The minimum atomic E-state index is 0. The van der Waals surface area contributed by atoms with E-state index < -0.39 is 0 Å². The van der Waals surface area contributed by atoms with Gasteiger partial charge < -0.3 is 10.1 Å². The minimum absolute atomic E-state index is 0. The molecule has 2 heterocycles. The molecule has 0 amide bonds. The number of hydrogen-bond donors (Lipinski definition) is 2. The molecule has 25 heavy (non-hydrogen) atoms. The summed E-state index contributed by atoms with van der Waals surface area (Å²) in [6.45, 7) is 0.205. The van der Waals surface area contributed by atoms with Crippen LogP contribution in [0.2, 0.25) is 0 Å². The molecular formula is C21H23ClN2O. The maximum Gasteiger partial charge on any atom is 0.0870 e. The number of aryl methyl sites for hydroxylation is 1. The topological polar surface area (TPSA) is 48.9 Å². The summed E-state index contributed by atoms with van der Waals surface area (Å²) in [5, 5.41) is 9.04. The van der Waals surface area contributed by atoms with E-state index in [1.54, 1.807) is 0 Å². The summed E-state index contributed by atoms with van der Waals surface area (Å²) in [5.74, 6) is 0. The molecule has 1 aliphatic carbocycles. The molecule has 2 N–H and O–H groups in total. The molecule has 0 atom stereocenters. The number of nitrogens with zero attached hydrogens (tertiary/aromatic N) is 1. The molecular weight excluding hydrogens is 332 g/mol. The summed E-state index contributed by atoms with van der Waals surface area (Å²) < 4.78 is 0. The molecule has 0 aliphatic heterocycles. The van der Waals surface area contributed by atoms with Gasteiger partial charge in [0, 0.05) is 18.5 Å². The highest BCUT2D eigenvalue weighted by Crippen LogP contribution is 2.29. The zero-order chi connectivity index (χ0) is 16.4. The highest BCUT2D eigenvalue weighted by molar-refractivity contribution is 5.85. The summed E-state index contributed by atoms with van der Waals surface area (Å²) in [6, 6.07) is 15.0. The lowest BCUT2D eigenvalue weighted by atomic mass is 9.97. The lowest BCUT2D eigenvalue weighted by Crippen LogP contribution is -2.00. The summed E-state index contributed by atoms with van der Waals surface area (Å²) in [5.41, 5.74) is 8.76. The maximum absolute atomic E-state index is 9.04. The molecule has 0 saturated heterocycles. The normalized spacial score (nSPS) is 12.7. The first-order chi connectivity index (χ1) is 11.8. The standard InChI is InChI=1S/C21H22N2O.ClH/c24-12-10-15-6-8-16(9-7-15)13-17-14-21(20-5-2-11-22-20)23-19-4-1-3-18(17)19;/h2,5-9,11,14,22,24H,1,3-4,10,12-13H2;1H. The Balaban J connectivity index is 0.00000182. The fourth-order valence-electron chi connectivity index (χ4n) is 3.59. The van der Waals surface area contributed by atoms with Crippen LogP contribution in [0.15, 0.2) is 48.7 Å². The molecule has 0 fully saturated rings. The van der Waals surface area contributed by atoms with Crippen LogP contribution in [-0.2, 0) is 25.7 Å². The van der Waals surface area contributed by atoms with Crippen molar-refractivity contribution in [3.8, 4) is 11.4 Å². The van der Waals surface area contributed by atoms with Gasteiger partial charge in [-0.1, -0.05) is 24.3 Å². The molecule has 3 nitrogen and oxygen atoms in total. The van der Waals surface area contributed by atoms with E-state index in [9.17, 15) is 0 Å². The first-order valence-corrected chi connectivity index (χ1v) is 8.67. The first kappa shape index (κ1) is 17.7. The van der Waals surface area contributed by atoms with Gasteiger partial charge in [-0.05, 0) is 72.6 Å². The molecule has 1 aromatic carbocycles. The van der Waals surface area contributed by atoms with Crippen LogP contribution in [0.25, 0.3) is 11.4 Å². The first-order valence-electron chi connectivity index (χ1n) is 8.67. The Kier molecular flexibility index (Phi) is 5.57. The van der Waals surface area contributed by atoms with Crippen molar-refractivity contribution >= 4 is 12.4 Å². The number of fused-ring (bicyclic) bond motifs is 1. The van der Waals surface area contributed by atoms with Crippen molar-refractivity contribution in [1.29, 1.82) is 0 Å². The third-order valence-electron chi connectivity index (χ3n) is 4.83. The van der Waals surface area contributed by atoms with Crippen LogP contribution < -0.4 is 0 Å². The Morgan fingerprint density at radius 2 is 1.84 bits per heavy atom. The maximum atomic E-state index is 9.04. The number of benzene rings is 1. The number of hydrogen-bond acceptors (Lipinski definition) is 2. The fraction of sp³-hybridized carbons (Fsp3) is 0.286. The number of aromatic nitrogens is 2. The molecule has 130 valence electrons. The highest BCUT2D eigenvalue weighted by Gasteiger charge is 2.18. The number of aromatic amines is 1. The van der Waals surface area contributed by atoms with Crippen molar-refractivity contribution in [1.82, 2.24) is 9.97 Å². The zero-order valence-electron chi connectivity index (χ0n) is 14.2. The molecule has 0 saturated carbocycles. The van der Waals surface area contributed by atoms with E-state index in [-0.39, 0.29) is 19.0 Å². The van der Waals surface area contributed by atoms with E-state index in [0.717, 1.165) is 37.1 Å². The Morgan fingerprint density at radius 3 is 2.56 bits per heavy atom. The lowest BCUT2D eigenvalue weighted by molar-refractivity contribution is 0.299. The third kappa shape index (κ3) is 3.78. The van der Waals surface area contributed by atoms with Crippen molar-refractivity contribution < 1.29 is 5.11 Å². The van der Waals surface area contributed by atoms with Crippen LogP contribution in [0.4, 0.5) is 0 Å². The van der Waals surface area contributed by atoms with Crippen LogP contribution >= 0.6 is 12.4 Å². The number of halogens is 1. The number of aliphatic hydroxyl groups is 1. The molecule has 0 bridgehead atoms.